The Morgan fingerprint density at radius 3 is 2.42 bits per heavy atom. The van der Waals surface area contributed by atoms with Crippen LogP contribution in [0.2, 0.25) is 0 Å². The van der Waals surface area contributed by atoms with Gasteiger partial charge in [0.15, 0.2) is 0 Å². The van der Waals surface area contributed by atoms with Crippen LogP contribution in [-0.2, 0) is 10.0 Å². The van der Waals surface area contributed by atoms with Crippen LogP contribution in [0.25, 0.3) is 0 Å². The number of hydrogen-bond donors (Lipinski definition) is 1. The summed E-state index contributed by atoms with van der Waals surface area (Å²) in [5.74, 6) is 0. The van der Waals surface area contributed by atoms with Crippen LogP contribution >= 0.6 is 0 Å². The van der Waals surface area contributed by atoms with Crippen LogP contribution in [-0.4, -0.2) is 24.3 Å². The molecule has 1 aromatic heterocycles. The number of aromatic nitrogens is 1. The molecule has 0 radical (unpaired) electrons. The highest BCUT2D eigenvalue weighted by atomic mass is 32.2. The van der Waals surface area contributed by atoms with Crippen LogP contribution in [0.3, 0.4) is 0 Å². The van der Waals surface area contributed by atoms with E-state index < -0.39 is 10.0 Å². The van der Waals surface area contributed by atoms with E-state index in [9.17, 15) is 13.2 Å². The molecule has 2 heterocycles. The van der Waals surface area contributed by atoms with Gasteiger partial charge in [-0.15, -0.1) is 0 Å². The van der Waals surface area contributed by atoms with Crippen LogP contribution in [0.1, 0.15) is 42.1 Å². The number of pyridine rings is 1. The smallest absolute Gasteiger partial charge is 0.248 e. The third-order valence-electron chi connectivity index (χ3n) is 4.60. The van der Waals surface area contributed by atoms with Crippen molar-refractivity contribution >= 4 is 10.0 Å². The van der Waals surface area contributed by atoms with Gasteiger partial charge in [0.05, 0.1) is 10.9 Å². The van der Waals surface area contributed by atoms with E-state index in [0.29, 0.717) is 11.4 Å². The summed E-state index contributed by atoms with van der Waals surface area (Å²) >= 11 is 0. The quantitative estimate of drug-likeness (QED) is 0.929. The number of H-pyrrole nitrogens is 1. The van der Waals surface area contributed by atoms with Crippen LogP contribution < -0.4 is 5.56 Å². The van der Waals surface area contributed by atoms with Gasteiger partial charge in [0.1, 0.15) is 0 Å². The molecule has 5 nitrogen and oxygen atoms in total. The normalized spacial score (nSPS) is 19.3. The largest absolute Gasteiger partial charge is 0.326 e. The molecule has 1 aliphatic heterocycles. The third-order valence-corrected chi connectivity index (χ3v) is 6.52. The van der Waals surface area contributed by atoms with Crippen molar-refractivity contribution in [2.75, 3.05) is 6.54 Å². The molecule has 0 bridgehead atoms. The van der Waals surface area contributed by atoms with Crippen molar-refractivity contribution in [3.63, 3.8) is 0 Å². The van der Waals surface area contributed by atoms with Gasteiger partial charge in [-0.3, -0.25) is 4.79 Å². The Balaban J connectivity index is 2.03. The van der Waals surface area contributed by atoms with Crippen molar-refractivity contribution in [2.24, 2.45) is 0 Å². The summed E-state index contributed by atoms with van der Waals surface area (Å²) in [6.45, 7) is 4.26. The molecular weight excluding hydrogens is 324 g/mol. The minimum absolute atomic E-state index is 0.167. The minimum atomic E-state index is -3.56. The summed E-state index contributed by atoms with van der Waals surface area (Å²) < 4.78 is 27.8. The zero-order valence-corrected chi connectivity index (χ0v) is 14.8. The molecule has 1 atom stereocenters. The van der Waals surface area contributed by atoms with E-state index in [-0.39, 0.29) is 11.6 Å². The molecule has 6 heteroatoms. The standard InChI is InChI=1S/C18H22N2O3S/c1-13-6-8-15(9-7-13)24(22,23)20-12-4-3-5-17(20)16-10-11-18(21)19-14(16)2/h6-11,17H,3-5,12H2,1-2H3,(H,19,21)/t17-/m1/s1. The fourth-order valence-electron chi connectivity index (χ4n) is 3.30. The maximum absolute atomic E-state index is 13.1. The number of sulfonamides is 1. The molecule has 0 saturated carbocycles. The van der Waals surface area contributed by atoms with Gasteiger partial charge in [-0.25, -0.2) is 8.42 Å². The monoisotopic (exact) mass is 346 g/mol. The second-order valence-electron chi connectivity index (χ2n) is 6.34. The number of piperidine rings is 1. The first-order valence-electron chi connectivity index (χ1n) is 8.18. The first-order chi connectivity index (χ1) is 11.4. The van der Waals surface area contributed by atoms with Gasteiger partial charge in [-0.05, 0) is 44.4 Å². The van der Waals surface area contributed by atoms with Gasteiger partial charge in [0, 0.05) is 18.3 Å². The number of aryl methyl sites for hydroxylation is 2. The molecule has 0 aliphatic carbocycles. The summed E-state index contributed by atoms with van der Waals surface area (Å²) in [4.78, 5) is 14.6. The molecule has 3 rings (SSSR count). The molecule has 128 valence electrons. The maximum atomic E-state index is 13.1. The lowest BCUT2D eigenvalue weighted by molar-refractivity contribution is 0.254. The number of nitrogens with zero attached hydrogens (tertiary/aromatic N) is 1. The lowest BCUT2D eigenvalue weighted by Crippen LogP contribution is -2.39. The predicted octanol–water partition coefficient (Wildman–Crippen LogP) is 2.91. The van der Waals surface area contributed by atoms with Crippen molar-refractivity contribution in [1.82, 2.24) is 9.29 Å². The molecule has 1 aromatic carbocycles. The highest BCUT2D eigenvalue weighted by molar-refractivity contribution is 7.89. The fraction of sp³-hybridized carbons (Fsp3) is 0.389. The van der Waals surface area contributed by atoms with Gasteiger partial charge in [-0.2, -0.15) is 4.31 Å². The number of rotatable bonds is 3. The molecule has 1 aliphatic rings. The van der Waals surface area contributed by atoms with E-state index in [1.807, 2.05) is 26.0 Å². The third kappa shape index (κ3) is 3.16. The number of aromatic amines is 1. The highest BCUT2D eigenvalue weighted by Gasteiger charge is 2.35. The summed E-state index contributed by atoms with van der Waals surface area (Å²) in [5.41, 5.74) is 2.48. The second kappa shape index (κ2) is 6.53. The van der Waals surface area contributed by atoms with Crippen LogP contribution in [0.15, 0.2) is 46.1 Å². The number of nitrogens with one attached hydrogen (secondary N) is 1. The summed E-state index contributed by atoms with van der Waals surface area (Å²) in [7, 11) is -3.56. The molecule has 0 amide bonds. The average Bonchev–Trinajstić information content (AvgIpc) is 2.55. The Labute approximate surface area is 142 Å². The van der Waals surface area contributed by atoms with Crippen molar-refractivity contribution in [3.05, 3.63) is 63.6 Å². The van der Waals surface area contributed by atoms with Gasteiger partial charge in [0.2, 0.25) is 15.6 Å². The number of hydrogen-bond acceptors (Lipinski definition) is 3. The van der Waals surface area contributed by atoms with Crippen molar-refractivity contribution in [1.29, 1.82) is 0 Å². The van der Waals surface area contributed by atoms with Crippen LogP contribution in [0.4, 0.5) is 0 Å². The first-order valence-corrected chi connectivity index (χ1v) is 9.62. The molecule has 0 spiro atoms. The molecule has 1 N–H and O–H groups in total. The molecule has 2 aromatic rings. The molecule has 1 fully saturated rings. The Kier molecular flexibility index (Phi) is 4.60. The van der Waals surface area contributed by atoms with Gasteiger partial charge >= 0.3 is 0 Å². The van der Waals surface area contributed by atoms with Crippen LogP contribution in [0, 0.1) is 13.8 Å². The van der Waals surface area contributed by atoms with E-state index in [4.69, 9.17) is 0 Å². The van der Waals surface area contributed by atoms with Crippen molar-refractivity contribution in [3.8, 4) is 0 Å². The van der Waals surface area contributed by atoms with Gasteiger partial charge in [-0.1, -0.05) is 30.2 Å². The Morgan fingerprint density at radius 2 is 1.75 bits per heavy atom. The summed E-state index contributed by atoms with van der Waals surface area (Å²) in [6.07, 6.45) is 2.59. The second-order valence-corrected chi connectivity index (χ2v) is 8.23. The van der Waals surface area contributed by atoms with E-state index >= 15 is 0 Å². The Bertz CT molecular complexity index is 885. The summed E-state index contributed by atoms with van der Waals surface area (Å²) in [5, 5.41) is 0. The maximum Gasteiger partial charge on any atom is 0.248 e. The van der Waals surface area contributed by atoms with Crippen molar-refractivity contribution < 1.29 is 8.42 Å². The van der Waals surface area contributed by atoms with Gasteiger partial charge < -0.3 is 4.98 Å². The van der Waals surface area contributed by atoms with Crippen molar-refractivity contribution in [2.45, 2.75) is 44.0 Å². The Morgan fingerprint density at radius 1 is 1.04 bits per heavy atom. The predicted molar refractivity (Wildman–Crippen MR) is 93.5 cm³/mol. The fourth-order valence-corrected chi connectivity index (χ4v) is 4.97. The SMILES string of the molecule is Cc1ccc(S(=O)(=O)N2CCCC[C@@H]2c2ccc(=O)[nH]c2C)cc1. The Hall–Kier alpha value is -1.92. The van der Waals surface area contributed by atoms with Crippen LogP contribution in [0.5, 0.6) is 0 Å². The number of benzene rings is 1. The first kappa shape index (κ1) is 16.9. The molecule has 1 saturated heterocycles. The lowest BCUT2D eigenvalue weighted by Gasteiger charge is -2.35. The summed E-state index contributed by atoms with van der Waals surface area (Å²) in [6, 6.07) is 9.94. The highest BCUT2D eigenvalue weighted by Crippen LogP contribution is 2.36. The zero-order valence-electron chi connectivity index (χ0n) is 14.0. The van der Waals surface area contributed by atoms with E-state index in [0.717, 1.165) is 36.1 Å². The van der Waals surface area contributed by atoms with E-state index in [1.54, 1.807) is 22.5 Å². The molecule has 24 heavy (non-hydrogen) atoms. The van der Waals surface area contributed by atoms with E-state index in [2.05, 4.69) is 4.98 Å². The average molecular weight is 346 g/mol. The lowest BCUT2D eigenvalue weighted by atomic mass is 9.96. The van der Waals surface area contributed by atoms with Gasteiger partial charge in [0.25, 0.3) is 0 Å². The zero-order chi connectivity index (χ0) is 17.3. The minimum Gasteiger partial charge on any atom is -0.326 e. The molecular formula is C18H22N2O3S. The topological polar surface area (TPSA) is 70.2 Å². The molecule has 0 unspecified atom stereocenters. The van der Waals surface area contributed by atoms with E-state index in [1.165, 1.54) is 6.07 Å².